The van der Waals surface area contributed by atoms with Crippen LogP contribution in [-0.4, -0.2) is 35.0 Å². The quantitative estimate of drug-likeness (QED) is 0.823. The number of benzene rings is 1. The van der Waals surface area contributed by atoms with Crippen LogP contribution in [0.2, 0.25) is 0 Å². The van der Waals surface area contributed by atoms with Gasteiger partial charge < -0.3 is 19.5 Å². The second kappa shape index (κ2) is 6.47. The van der Waals surface area contributed by atoms with E-state index in [9.17, 15) is 0 Å². The first kappa shape index (κ1) is 13.8. The maximum atomic E-state index is 5.40. The molecule has 17 heavy (non-hydrogen) atoms. The molecule has 4 heteroatoms. The lowest BCUT2D eigenvalue weighted by Crippen LogP contribution is -2.22. The third-order valence-electron chi connectivity index (χ3n) is 2.80. The van der Waals surface area contributed by atoms with E-state index in [1.54, 1.807) is 21.3 Å². The van der Waals surface area contributed by atoms with Gasteiger partial charge in [0.2, 0.25) is 0 Å². The molecule has 0 saturated carbocycles. The summed E-state index contributed by atoms with van der Waals surface area (Å²) in [7, 11) is 6.92. The Bertz CT molecular complexity index is 366. The van der Waals surface area contributed by atoms with Gasteiger partial charge in [-0.3, -0.25) is 0 Å². The van der Waals surface area contributed by atoms with Crippen LogP contribution in [0, 0.1) is 6.92 Å². The minimum Gasteiger partial charge on any atom is -0.496 e. The molecule has 0 fully saturated rings. The Morgan fingerprint density at radius 1 is 1.12 bits per heavy atom. The SMILES string of the molecule is CNC(COC)c1cc(OC)c(C)cc1OC. The Labute approximate surface area is 103 Å². The predicted molar refractivity (Wildman–Crippen MR) is 68.0 cm³/mol. The van der Waals surface area contributed by atoms with Crippen molar-refractivity contribution in [2.45, 2.75) is 13.0 Å². The molecule has 96 valence electrons. The molecule has 0 aromatic heterocycles. The number of hydrogen-bond donors (Lipinski definition) is 1. The molecule has 0 saturated heterocycles. The van der Waals surface area contributed by atoms with Gasteiger partial charge in [0.05, 0.1) is 26.9 Å². The van der Waals surface area contributed by atoms with Crippen LogP contribution in [0.5, 0.6) is 11.5 Å². The molecule has 1 N–H and O–H groups in total. The van der Waals surface area contributed by atoms with E-state index in [0.717, 1.165) is 22.6 Å². The fourth-order valence-electron chi connectivity index (χ4n) is 1.84. The van der Waals surface area contributed by atoms with Crippen molar-refractivity contribution >= 4 is 0 Å². The monoisotopic (exact) mass is 239 g/mol. The van der Waals surface area contributed by atoms with Gasteiger partial charge in [-0.05, 0) is 31.7 Å². The Hall–Kier alpha value is -1.26. The molecule has 0 aliphatic carbocycles. The Morgan fingerprint density at radius 2 is 1.76 bits per heavy atom. The smallest absolute Gasteiger partial charge is 0.124 e. The highest BCUT2D eigenvalue weighted by Gasteiger charge is 2.16. The first-order valence-corrected chi connectivity index (χ1v) is 5.56. The van der Waals surface area contributed by atoms with Crippen molar-refractivity contribution in [3.63, 3.8) is 0 Å². The predicted octanol–water partition coefficient (Wildman–Crippen LogP) is 1.92. The van der Waals surface area contributed by atoms with Crippen LogP contribution in [0.3, 0.4) is 0 Å². The summed E-state index contributed by atoms with van der Waals surface area (Å²) in [6.07, 6.45) is 0. The van der Waals surface area contributed by atoms with Crippen LogP contribution in [-0.2, 0) is 4.74 Å². The number of aryl methyl sites for hydroxylation is 1. The Morgan fingerprint density at radius 3 is 2.24 bits per heavy atom. The lowest BCUT2D eigenvalue weighted by atomic mass is 10.0. The summed E-state index contributed by atoms with van der Waals surface area (Å²) in [5.74, 6) is 1.71. The maximum absolute atomic E-state index is 5.40. The minimum atomic E-state index is 0.0875. The van der Waals surface area contributed by atoms with Gasteiger partial charge in [0.25, 0.3) is 0 Å². The molecule has 1 aromatic rings. The Balaban J connectivity index is 3.18. The number of nitrogens with one attached hydrogen (secondary N) is 1. The van der Waals surface area contributed by atoms with Crippen LogP contribution in [0.25, 0.3) is 0 Å². The van der Waals surface area contributed by atoms with E-state index in [1.807, 2.05) is 26.1 Å². The zero-order chi connectivity index (χ0) is 12.8. The molecule has 0 radical (unpaired) electrons. The molecule has 1 atom stereocenters. The second-order valence-corrected chi connectivity index (χ2v) is 3.86. The molecule has 1 aromatic carbocycles. The molecule has 4 nitrogen and oxygen atoms in total. The van der Waals surface area contributed by atoms with Crippen molar-refractivity contribution in [1.29, 1.82) is 0 Å². The highest BCUT2D eigenvalue weighted by atomic mass is 16.5. The maximum Gasteiger partial charge on any atom is 0.124 e. The minimum absolute atomic E-state index is 0.0875. The van der Waals surface area contributed by atoms with Crippen molar-refractivity contribution < 1.29 is 14.2 Å². The van der Waals surface area contributed by atoms with E-state index in [1.165, 1.54) is 0 Å². The van der Waals surface area contributed by atoms with Gasteiger partial charge in [0.15, 0.2) is 0 Å². The number of likely N-dealkylation sites (N-methyl/N-ethyl adjacent to an activating group) is 1. The number of ether oxygens (including phenoxy) is 3. The normalized spacial score (nSPS) is 12.3. The lowest BCUT2D eigenvalue weighted by molar-refractivity contribution is 0.169. The largest absolute Gasteiger partial charge is 0.496 e. The molecule has 1 rings (SSSR count). The molecular weight excluding hydrogens is 218 g/mol. The second-order valence-electron chi connectivity index (χ2n) is 3.86. The van der Waals surface area contributed by atoms with Crippen LogP contribution in [0.1, 0.15) is 17.2 Å². The van der Waals surface area contributed by atoms with Crippen molar-refractivity contribution in [2.75, 3.05) is 35.0 Å². The van der Waals surface area contributed by atoms with Gasteiger partial charge >= 0.3 is 0 Å². The highest BCUT2D eigenvalue weighted by Crippen LogP contribution is 2.32. The summed E-state index contributed by atoms with van der Waals surface area (Å²) in [6, 6.07) is 4.06. The molecule has 0 bridgehead atoms. The molecule has 0 amide bonds. The average molecular weight is 239 g/mol. The highest BCUT2D eigenvalue weighted by molar-refractivity contribution is 5.47. The van der Waals surface area contributed by atoms with Gasteiger partial charge in [-0.1, -0.05) is 0 Å². The topological polar surface area (TPSA) is 39.7 Å². The summed E-state index contributed by atoms with van der Waals surface area (Å²) >= 11 is 0. The summed E-state index contributed by atoms with van der Waals surface area (Å²) < 4.78 is 15.9. The number of hydrogen-bond acceptors (Lipinski definition) is 4. The van der Waals surface area contributed by atoms with Gasteiger partial charge in [-0.15, -0.1) is 0 Å². The summed E-state index contributed by atoms with van der Waals surface area (Å²) in [5, 5.41) is 3.20. The van der Waals surface area contributed by atoms with Crippen LogP contribution >= 0.6 is 0 Å². The Kier molecular flexibility index (Phi) is 5.25. The third kappa shape index (κ3) is 3.11. The third-order valence-corrected chi connectivity index (χ3v) is 2.80. The number of rotatable bonds is 6. The van der Waals surface area contributed by atoms with Crippen molar-refractivity contribution in [3.05, 3.63) is 23.3 Å². The van der Waals surface area contributed by atoms with Gasteiger partial charge in [0, 0.05) is 12.7 Å². The van der Waals surface area contributed by atoms with E-state index < -0.39 is 0 Å². The van der Waals surface area contributed by atoms with Gasteiger partial charge in [-0.25, -0.2) is 0 Å². The molecule has 0 heterocycles. The van der Waals surface area contributed by atoms with E-state index in [2.05, 4.69) is 5.32 Å². The summed E-state index contributed by atoms with van der Waals surface area (Å²) in [4.78, 5) is 0. The average Bonchev–Trinajstić information content (AvgIpc) is 2.35. The van der Waals surface area contributed by atoms with Gasteiger partial charge in [0.1, 0.15) is 11.5 Å². The van der Waals surface area contributed by atoms with Crippen molar-refractivity contribution in [1.82, 2.24) is 5.32 Å². The van der Waals surface area contributed by atoms with Crippen molar-refractivity contribution in [2.24, 2.45) is 0 Å². The van der Waals surface area contributed by atoms with Gasteiger partial charge in [-0.2, -0.15) is 0 Å². The van der Waals surface area contributed by atoms with E-state index >= 15 is 0 Å². The molecule has 0 aliphatic rings. The van der Waals surface area contributed by atoms with E-state index in [4.69, 9.17) is 14.2 Å². The fourth-order valence-corrected chi connectivity index (χ4v) is 1.84. The summed E-state index contributed by atoms with van der Waals surface area (Å²) in [5.41, 5.74) is 2.10. The first-order valence-electron chi connectivity index (χ1n) is 5.56. The van der Waals surface area contributed by atoms with Crippen LogP contribution < -0.4 is 14.8 Å². The van der Waals surface area contributed by atoms with Crippen LogP contribution in [0.4, 0.5) is 0 Å². The zero-order valence-corrected chi connectivity index (χ0v) is 11.2. The molecule has 0 spiro atoms. The van der Waals surface area contributed by atoms with E-state index in [0.29, 0.717) is 6.61 Å². The van der Waals surface area contributed by atoms with Crippen molar-refractivity contribution in [3.8, 4) is 11.5 Å². The summed E-state index contributed by atoms with van der Waals surface area (Å²) in [6.45, 7) is 2.58. The van der Waals surface area contributed by atoms with E-state index in [-0.39, 0.29) is 6.04 Å². The standard InChI is InChI=1S/C13H21NO3/c1-9-6-13(17-5)10(7-12(9)16-4)11(14-2)8-15-3/h6-7,11,14H,8H2,1-5H3. The lowest BCUT2D eigenvalue weighted by Gasteiger charge is -2.20. The first-order chi connectivity index (χ1) is 8.17. The molecule has 0 aliphatic heterocycles. The molecule has 1 unspecified atom stereocenters. The fraction of sp³-hybridized carbons (Fsp3) is 0.538. The zero-order valence-electron chi connectivity index (χ0n) is 11.2. The number of methoxy groups -OCH3 is 3. The molecular formula is C13H21NO3. The van der Waals surface area contributed by atoms with Crippen LogP contribution in [0.15, 0.2) is 12.1 Å².